The Morgan fingerprint density at radius 3 is 2.47 bits per heavy atom. The Hall–Kier alpha value is -1.31. The van der Waals surface area contributed by atoms with E-state index in [1.807, 2.05) is 39.0 Å². The molecule has 1 aromatic rings. The zero-order chi connectivity index (χ0) is 13.0. The molecule has 2 nitrogen and oxygen atoms in total. The van der Waals surface area contributed by atoms with E-state index in [2.05, 4.69) is 13.8 Å². The van der Waals surface area contributed by atoms with Gasteiger partial charge in [0.25, 0.3) is 0 Å². The van der Waals surface area contributed by atoms with Crippen LogP contribution in [-0.4, -0.2) is 12.4 Å². The van der Waals surface area contributed by atoms with Crippen LogP contribution >= 0.6 is 0 Å². The molecule has 94 valence electrons. The number of hydrogen-bond donors (Lipinski definition) is 0. The zero-order valence-corrected chi connectivity index (χ0v) is 11.4. The van der Waals surface area contributed by atoms with E-state index < -0.39 is 0 Å². The Labute approximate surface area is 104 Å². The second kappa shape index (κ2) is 5.85. The van der Waals surface area contributed by atoms with Crippen molar-refractivity contribution in [2.75, 3.05) is 6.61 Å². The van der Waals surface area contributed by atoms with Crippen LogP contribution in [0.5, 0.6) is 5.75 Å². The van der Waals surface area contributed by atoms with Gasteiger partial charge in [-0.1, -0.05) is 32.4 Å². The van der Waals surface area contributed by atoms with Crippen LogP contribution in [0, 0.1) is 18.8 Å². The molecule has 0 aromatic heterocycles. The summed E-state index contributed by atoms with van der Waals surface area (Å²) in [6, 6.07) is 5.78. The van der Waals surface area contributed by atoms with E-state index in [0.29, 0.717) is 23.8 Å². The van der Waals surface area contributed by atoms with Crippen LogP contribution in [0.15, 0.2) is 18.2 Å². The normalized spacial score (nSPS) is 12.6. The maximum atomic E-state index is 12.4. The molecule has 0 aliphatic carbocycles. The molecular weight excluding hydrogens is 212 g/mol. The largest absolute Gasteiger partial charge is 0.493 e. The number of aryl methyl sites for hydroxylation is 1. The predicted molar refractivity (Wildman–Crippen MR) is 70.7 cm³/mol. The molecule has 0 radical (unpaired) electrons. The summed E-state index contributed by atoms with van der Waals surface area (Å²) in [5.41, 5.74) is 1.81. The lowest BCUT2D eigenvalue weighted by Crippen LogP contribution is -2.18. The number of carbonyl (C=O) groups is 1. The molecule has 0 fully saturated rings. The van der Waals surface area contributed by atoms with E-state index in [9.17, 15) is 4.79 Å². The average molecular weight is 234 g/mol. The highest BCUT2D eigenvalue weighted by atomic mass is 16.5. The quantitative estimate of drug-likeness (QED) is 0.723. The van der Waals surface area contributed by atoms with E-state index in [0.717, 1.165) is 5.56 Å². The van der Waals surface area contributed by atoms with E-state index in [-0.39, 0.29) is 11.7 Å². The summed E-state index contributed by atoms with van der Waals surface area (Å²) >= 11 is 0. The van der Waals surface area contributed by atoms with Gasteiger partial charge < -0.3 is 4.74 Å². The van der Waals surface area contributed by atoms with Gasteiger partial charge in [-0.25, -0.2) is 0 Å². The Kier molecular flexibility index (Phi) is 4.73. The molecule has 1 rings (SSSR count). The Balaban J connectivity index is 3.10. The van der Waals surface area contributed by atoms with Crippen LogP contribution in [0.1, 0.15) is 43.6 Å². The Morgan fingerprint density at radius 2 is 1.94 bits per heavy atom. The maximum Gasteiger partial charge on any atom is 0.169 e. The van der Waals surface area contributed by atoms with Crippen LogP contribution in [0.4, 0.5) is 0 Å². The molecule has 0 N–H and O–H groups in total. The molecule has 0 heterocycles. The fourth-order valence-electron chi connectivity index (χ4n) is 1.67. The smallest absolute Gasteiger partial charge is 0.169 e. The van der Waals surface area contributed by atoms with Gasteiger partial charge in [0.15, 0.2) is 5.78 Å². The first-order valence-corrected chi connectivity index (χ1v) is 6.25. The van der Waals surface area contributed by atoms with Crippen molar-refractivity contribution in [3.05, 3.63) is 29.3 Å². The minimum atomic E-state index is 0.0241. The van der Waals surface area contributed by atoms with Crippen molar-refractivity contribution in [2.24, 2.45) is 11.8 Å². The van der Waals surface area contributed by atoms with Gasteiger partial charge in [-0.2, -0.15) is 0 Å². The lowest BCUT2D eigenvalue weighted by molar-refractivity contribution is 0.0896. The van der Waals surface area contributed by atoms with Crippen molar-refractivity contribution in [3.63, 3.8) is 0 Å². The van der Waals surface area contributed by atoms with Crippen LogP contribution in [-0.2, 0) is 0 Å². The predicted octanol–water partition coefficient (Wildman–Crippen LogP) is 3.87. The second-order valence-corrected chi connectivity index (χ2v) is 4.83. The number of benzene rings is 1. The minimum Gasteiger partial charge on any atom is -0.493 e. The number of ether oxygens (including phenoxy) is 1. The molecule has 0 aliphatic rings. The summed E-state index contributed by atoms with van der Waals surface area (Å²) in [6.45, 7) is 10.6. The summed E-state index contributed by atoms with van der Waals surface area (Å²) in [5, 5.41) is 0. The highest BCUT2D eigenvalue weighted by molar-refractivity contribution is 6.00. The third kappa shape index (κ3) is 3.32. The Bertz CT molecular complexity index is 394. The monoisotopic (exact) mass is 234 g/mol. The van der Waals surface area contributed by atoms with Crippen LogP contribution in [0.3, 0.4) is 0 Å². The van der Waals surface area contributed by atoms with Crippen LogP contribution in [0.25, 0.3) is 0 Å². The van der Waals surface area contributed by atoms with E-state index in [1.54, 1.807) is 0 Å². The van der Waals surface area contributed by atoms with Gasteiger partial charge in [-0.15, -0.1) is 0 Å². The molecule has 1 aromatic carbocycles. The van der Waals surface area contributed by atoms with Gasteiger partial charge in [-0.3, -0.25) is 4.79 Å². The summed E-state index contributed by atoms with van der Waals surface area (Å²) in [4.78, 5) is 12.4. The number of ketones is 1. The average Bonchev–Trinajstić information content (AvgIpc) is 2.29. The molecule has 1 atom stereocenters. The molecular formula is C15H22O2. The molecule has 2 heteroatoms. The van der Waals surface area contributed by atoms with Gasteiger partial charge >= 0.3 is 0 Å². The van der Waals surface area contributed by atoms with Gasteiger partial charge in [0.2, 0.25) is 0 Å². The molecule has 0 saturated heterocycles. The SMILES string of the molecule is CCOc1ccc(C)cc1C(=O)C(C)C(C)C. The molecule has 0 aliphatic heterocycles. The van der Waals surface area contributed by atoms with E-state index in [4.69, 9.17) is 4.74 Å². The van der Waals surface area contributed by atoms with Gasteiger partial charge in [0, 0.05) is 5.92 Å². The van der Waals surface area contributed by atoms with Crippen LogP contribution < -0.4 is 4.74 Å². The summed E-state index contributed by atoms with van der Waals surface area (Å²) < 4.78 is 5.52. The molecule has 17 heavy (non-hydrogen) atoms. The topological polar surface area (TPSA) is 26.3 Å². The van der Waals surface area contributed by atoms with E-state index in [1.165, 1.54) is 0 Å². The summed E-state index contributed by atoms with van der Waals surface area (Å²) in [5.74, 6) is 1.25. The van der Waals surface area contributed by atoms with Crippen molar-refractivity contribution < 1.29 is 9.53 Å². The highest BCUT2D eigenvalue weighted by Crippen LogP contribution is 2.25. The standard InChI is InChI=1S/C15H22O2/c1-6-17-14-8-7-11(4)9-13(14)15(16)12(5)10(2)3/h7-10,12H,6H2,1-5H3. The zero-order valence-electron chi connectivity index (χ0n) is 11.4. The minimum absolute atomic E-state index is 0.0241. The second-order valence-electron chi connectivity index (χ2n) is 4.83. The van der Waals surface area contributed by atoms with Crippen LogP contribution in [0.2, 0.25) is 0 Å². The molecule has 0 bridgehead atoms. The summed E-state index contributed by atoms with van der Waals surface area (Å²) in [6.07, 6.45) is 0. The maximum absolute atomic E-state index is 12.4. The lowest BCUT2D eigenvalue weighted by atomic mass is 9.89. The molecule has 0 spiro atoms. The lowest BCUT2D eigenvalue weighted by Gasteiger charge is -2.17. The van der Waals surface area contributed by atoms with Crippen molar-refractivity contribution in [2.45, 2.75) is 34.6 Å². The number of carbonyl (C=O) groups excluding carboxylic acids is 1. The third-order valence-electron chi connectivity index (χ3n) is 3.11. The van der Waals surface area contributed by atoms with E-state index >= 15 is 0 Å². The fourth-order valence-corrected chi connectivity index (χ4v) is 1.67. The molecule has 0 amide bonds. The third-order valence-corrected chi connectivity index (χ3v) is 3.11. The van der Waals surface area contributed by atoms with Crippen molar-refractivity contribution in [3.8, 4) is 5.75 Å². The first kappa shape index (κ1) is 13.8. The summed E-state index contributed by atoms with van der Waals surface area (Å²) in [7, 11) is 0. The number of rotatable bonds is 5. The van der Waals surface area contributed by atoms with Crippen molar-refractivity contribution in [1.29, 1.82) is 0 Å². The first-order chi connectivity index (χ1) is 7.97. The highest BCUT2D eigenvalue weighted by Gasteiger charge is 2.21. The van der Waals surface area contributed by atoms with Gasteiger partial charge in [0.05, 0.1) is 12.2 Å². The van der Waals surface area contributed by atoms with Gasteiger partial charge in [-0.05, 0) is 31.9 Å². The van der Waals surface area contributed by atoms with Crippen molar-refractivity contribution >= 4 is 5.78 Å². The van der Waals surface area contributed by atoms with Crippen molar-refractivity contribution in [1.82, 2.24) is 0 Å². The van der Waals surface area contributed by atoms with Gasteiger partial charge in [0.1, 0.15) is 5.75 Å². The fraction of sp³-hybridized carbons (Fsp3) is 0.533. The molecule has 0 saturated carbocycles. The Morgan fingerprint density at radius 1 is 1.29 bits per heavy atom. The number of hydrogen-bond acceptors (Lipinski definition) is 2. The number of Topliss-reactive ketones (excluding diaryl/α,β-unsaturated/α-hetero) is 1. The molecule has 1 unspecified atom stereocenters. The first-order valence-electron chi connectivity index (χ1n) is 6.25.